The topological polar surface area (TPSA) is 20.3 Å². The maximum Gasteiger partial charge on any atom is 0.247 e. The SMILES string of the molecule is Cc1ccccc1/C=C/C(=O)N1CCSC1c1ccc(Cl)cc1. The molecule has 1 amide bonds. The maximum absolute atomic E-state index is 12.6. The average Bonchev–Trinajstić information content (AvgIpc) is 3.04. The lowest BCUT2D eigenvalue weighted by Gasteiger charge is -2.22. The number of hydrogen-bond donors (Lipinski definition) is 0. The van der Waals surface area contributed by atoms with Crippen LogP contribution >= 0.6 is 23.4 Å². The molecule has 3 rings (SSSR count). The summed E-state index contributed by atoms with van der Waals surface area (Å²) in [4.78, 5) is 14.5. The highest BCUT2D eigenvalue weighted by atomic mass is 35.5. The Labute approximate surface area is 146 Å². The second kappa shape index (κ2) is 7.24. The van der Waals surface area contributed by atoms with Crippen LogP contribution in [0.3, 0.4) is 0 Å². The van der Waals surface area contributed by atoms with Crippen molar-refractivity contribution in [2.45, 2.75) is 12.3 Å². The molecule has 0 spiro atoms. The van der Waals surface area contributed by atoms with Crippen molar-refractivity contribution in [3.63, 3.8) is 0 Å². The number of nitrogens with zero attached hydrogens (tertiary/aromatic N) is 1. The van der Waals surface area contributed by atoms with E-state index in [1.807, 2.05) is 66.4 Å². The third-order valence-electron chi connectivity index (χ3n) is 3.92. The van der Waals surface area contributed by atoms with E-state index in [9.17, 15) is 4.79 Å². The lowest BCUT2D eigenvalue weighted by atomic mass is 10.1. The molecule has 0 N–H and O–H groups in total. The summed E-state index contributed by atoms with van der Waals surface area (Å²) in [6, 6.07) is 15.8. The van der Waals surface area contributed by atoms with Gasteiger partial charge in [-0.2, -0.15) is 0 Å². The van der Waals surface area contributed by atoms with Crippen LogP contribution in [0.15, 0.2) is 54.6 Å². The van der Waals surface area contributed by atoms with Gasteiger partial charge < -0.3 is 4.90 Å². The molecule has 4 heteroatoms. The van der Waals surface area contributed by atoms with Crippen molar-refractivity contribution in [3.05, 3.63) is 76.3 Å². The van der Waals surface area contributed by atoms with E-state index >= 15 is 0 Å². The Balaban J connectivity index is 1.76. The minimum Gasteiger partial charge on any atom is -0.322 e. The molecule has 0 bridgehead atoms. The molecule has 1 saturated heterocycles. The number of thioether (sulfide) groups is 1. The van der Waals surface area contributed by atoms with Crippen molar-refractivity contribution >= 4 is 35.3 Å². The maximum atomic E-state index is 12.6. The van der Waals surface area contributed by atoms with Gasteiger partial charge in [-0.1, -0.05) is 48.0 Å². The highest BCUT2D eigenvalue weighted by Crippen LogP contribution is 2.38. The summed E-state index contributed by atoms with van der Waals surface area (Å²) in [5.74, 6) is 1.01. The van der Waals surface area contributed by atoms with Gasteiger partial charge in [0.15, 0.2) is 0 Å². The van der Waals surface area contributed by atoms with Crippen molar-refractivity contribution in [2.75, 3.05) is 12.3 Å². The van der Waals surface area contributed by atoms with Crippen molar-refractivity contribution in [2.24, 2.45) is 0 Å². The molecule has 23 heavy (non-hydrogen) atoms. The largest absolute Gasteiger partial charge is 0.322 e. The summed E-state index contributed by atoms with van der Waals surface area (Å²) in [7, 11) is 0. The predicted molar refractivity (Wildman–Crippen MR) is 98.6 cm³/mol. The van der Waals surface area contributed by atoms with Gasteiger partial charge in [0, 0.05) is 23.4 Å². The van der Waals surface area contributed by atoms with Crippen LogP contribution in [-0.2, 0) is 4.79 Å². The molecule has 1 unspecified atom stereocenters. The van der Waals surface area contributed by atoms with Gasteiger partial charge in [0.1, 0.15) is 5.37 Å². The fourth-order valence-electron chi connectivity index (χ4n) is 2.63. The van der Waals surface area contributed by atoms with Gasteiger partial charge in [0.25, 0.3) is 0 Å². The zero-order valence-electron chi connectivity index (χ0n) is 12.9. The highest BCUT2D eigenvalue weighted by molar-refractivity contribution is 7.99. The Morgan fingerprint density at radius 2 is 1.96 bits per heavy atom. The third-order valence-corrected chi connectivity index (χ3v) is 5.44. The summed E-state index contributed by atoms with van der Waals surface area (Å²) < 4.78 is 0. The molecule has 0 saturated carbocycles. The Kier molecular flexibility index (Phi) is 5.09. The van der Waals surface area contributed by atoms with Crippen molar-refractivity contribution in [3.8, 4) is 0 Å². The monoisotopic (exact) mass is 343 g/mol. The zero-order chi connectivity index (χ0) is 16.2. The standard InChI is InChI=1S/C19H18ClNOS/c1-14-4-2-3-5-15(14)8-11-18(22)21-12-13-23-19(21)16-6-9-17(20)10-7-16/h2-11,19H,12-13H2,1H3/b11-8+. The van der Waals surface area contributed by atoms with Gasteiger partial charge in [0.05, 0.1) is 0 Å². The van der Waals surface area contributed by atoms with Crippen LogP contribution in [0, 0.1) is 6.92 Å². The van der Waals surface area contributed by atoms with E-state index in [0.717, 1.165) is 23.4 Å². The Hall–Kier alpha value is -1.71. The molecule has 1 heterocycles. The summed E-state index contributed by atoms with van der Waals surface area (Å²) in [6.45, 7) is 2.82. The average molecular weight is 344 g/mol. The molecule has 0 radical (unpaired) electrons. The minimum absolute atomic E-state index is 0.0539. The quantitative estimate of drug-likeness (QED) is 0.736. The molecule has 1 aliphatic heterocycles. The number of carbonyl (C=O) groups excluding carboxylic acids is 1. The molecular weight excluding hydrogens is 326 g/mol. The second-order valence-corrected chi connectivity index (χ2v) is 7.12. The number of hydrogen-bond acceptors (Lipinski definition) is 2. The molecule has 2 aromatic carbocycles. The Morgan fingerprint density at radius 1 is 1.22 bits per heavy atom. The Bertz CT molecular complexity index is 726. The van der Waals surface area contributed by atoms with Crippen molar-refractivity contribution in [1.29, 1.82) is 0 Å². The lowest BCUT2D eigenvalue weighted by Crippen LogP contribution is -2.28. The number of benzene rings is 2. The normalized spacial score (nSPS) is 17.8. The van der Waals surface area contributed by atoms with Crippen LogP contribution in [0.25, 0.3) is 6.08 Å². The lowest BCUT2D eigenvalue weighted by molar-refractivity contribution is -0.126. The highest BCUT2D eigenvalue weighted by Gasteiger charge is 2.29. The number of aryl methyl sites for hydroxylation is 1. The summed E-state index contributed by atoms with van der Waals surface area (Å²) >= 11 is 7.74. The van der Waals surface area contributed by atoms with Gasteiger partial charge in [0.2, 0.25) is 5.91 Å². The number of carbonyl (C=O) groups is 1. The first-order valence-electron chi connectivity index (χ1n) is 7.56. The minimum atomic E-state index is 0.0539. The third kappa shape index (κ3) is 3.80. The smallest absolute Gasteiger partial charge is 0.247 e. The van der Waals surface area contributed by atoms with Crippen LogP contribution in [0.1, 0.15) is 22.1 Å². The first-order chi connectivity index (χ1) is 11.1. The van der Waals surface area contributed by atoms with Crippen LogP contribution in [0.2, 0.25) is 5.02 Å². The number of amides is 1. The molecule has 2 nitrogen and oxygen atoms in total. The number of rotatable bonds is 3. The fraction of sp³-hybridized carbons (Fsp3) is 0.211. The molecule has 1 fully saturated rings. The van der Waals surface area contributed by atoms with Gasteiger partial charge in [-0.05, 0) is 41.8 Å². The van der Waals surface area contributed by atoms with Crippen molar-refractivity contribution < 1.29 is 4.79 Å². The zero-order valence-corrected chi connectivity index (χ0v) is 14.5. The van der Waals surface area contributed by atoms with E-state index in [1.165, 1.54) is 5.56 Å². The fourth-order valence-corrected chi connectivity index (χ4v) is 4.02. The van der Waals surface area contributed by atoms with E-state index in [4.69, 9.17) is 11.6 Å². The molecule has 1 aliphatic rings. The van der Waals surface area contributed by atoms with Crippen LogP contribution in [0.5, 0.6) is 0 Å². The van der Waals surface area contributed by atoms with Gasteiger partial charge in [-0.3, -0.25) is 4.79 Å². The van der Waals surface area contributed by atoms with Crippen LogP contribution in [0.4, 0.5) is 0 Å². The van der Waals surface area contributed by atoms with Crippen molar-refractivity contribution in [1.82, 2.24) is 4.90 Å². The van der Waals surface area contributed by atoms with E-state index in [2.05, 4.69) is 0 Å². The van der Waals surface area contributed by atoms with Crippen LogP contribution in [-0.4, -0.2) is 23.1 Å². The molecule has 118 valence electrons. The summed E-state index contributed by atoms with van der Waals surface area (Å²) in [5, 5.41) is 0.787. The second-order valence-electron chi connectivity index (χ2n) is 5.50. The van der Waals surface area contributed by atoms with E-state index in [0.29, 0.717) is 5.02 Å². The van der Waals surface area contributed by atoms with E-state index in [1.54, 1.807) is 17.8 Å². The van der Waals surface area contributed by atoms with Gasteiger partial charge in [-0.25, -0.2) is 0 Å². The molecule has 1 atom stereocenters. The summed E-state index contributed by atoms with van der Waals surface area (Å²) in [5.41, 5.74) is 3.37. The molecule has 2 aromatic rings. The first-order valence-corrected chi connectivity index (χ1v) is 8.99. The Morgan fingerprint density at radius 3 is 2.70 bits per heavy atom. The van der Waals surface area contributed by atoms with E-state index in [-0.39, 0.29) is 11.3 Å². The first kappa shape index (κ1) is 16.2. The molecule has 0 aromatic heterocycles. The number of halogens is 1. The summed E-state index contributed by atoms with van der Waals surface area (Å²) in [6.07, 6.45) is 3.58. The predicted octanol–water partition coefficient (Wildman–Crippen LogP) is 4.94. The van der Waals surface area contributed by atoms with Crippen LogP contribution < -0.4 is 0 Å². The van der Waals surface area contributed by atoms with Gasteiger partial charge in [-0.15, -0.1) is 11.8 Å². The molecular formula is C19H18ClNOS. The van der Waals surface area contributed by atoms with Gasteiger partial charge >= 0.3 is 0 Å². The molecule has 0 aliphatic carbocycles. The van der Waals surface area contributed by atoms with E-state index < -0.39 is 0 Å².